The van der Waals surface area contributed by atoms with Crippen molar-refractivity contribution in [2.75, 3.05) is 6.61 Å². The van der Waals surface area contributed by atoms with Gasteiger partial charge in [0.15, 0.2) is 0 Å². The number of halogens is 2. The molecule has 1 aliphatic heterocycles. The zero-order chi connectivity index (χ0) is 19.2. The number of esters is 2. The zero-order valence-corrected chi connectivity index (χ0v) is 18.3. The van der Waals surface area contributed by atoms with E-state index in [9.17, 15) is 9.59 Å². The van der Waals surface area contributed by atoms with Crippen LogP contribution in [0, 0.1) is 10.8 Å². The molecule has 1 heterocycles. The Kier molecular flexibility index (Phi) is 5.12. The van der Waals surface area contributed by atoms with Crippen molar-refractivity contribution in [2.24, 2.45) is 10.8 Å². The average Bonchev–Trinajstić information content (AvgIpc) is 2.92. The molecule has 4 nitrogen and oxygen atoms in total. The highest BCUT2D eigenvalue weighted by atomic mass is 79.9. The molecule has 2 aliphatic rings. The van der Waals surface area contributed by atoms with Gasteiger partial charge < -0.3 is 9.47 Å². The minimum atomic E-state index is -1.16. The summed E-state index contributed by atoms with van der Waals surface area (Å²) in [6.07, 6.45) is 1.70. The van der Waals surface area contributed by atoms with E-state index in [1.54, 1.807) is 0 Å². The van der Waals surface area contributed by atoms with Crippen LogP contribution in [0.15, 0.2) is 34.8 Å². The average molecular weight is 486 g/mol. The van der Waals surface area contributed by atoms with Gasteiger partial charge in [-0.05, 0) is 41.3 Å². The van der Waals surface area contributed by atoms with Crippen LogP contribution in [0.3, 0.4) is 0 Å². The Morgan fingerprint density at radius 3 is 2.35 bits per heavy atom. The van der Waals surface area contributed by atoms with E-state index in [4.69, 9.17) is 9.47 Å². The van der Waals surface area contributed by atoms with Crippen LogP contribution >= 0.6 is 31.9 Å². The molecule has 6 heteroatoms. The number of hydrogen-bond donors (Lipinski definition) is 0. The summed E-state index contributed by atoms with van der Waals surface area (Å²) in [5.74, 6) is -0.730. The topological polar surface area (TPSA) is 52.6 Å². The van der Waals surface area contributed by atoms with E-state index in [0.29, 0.717) is 19.3 Å². The Morgan fingerprint density at radius 1 is 1.15 bits per heavy atom. The van der Waals surface area contributed by atoms with E-state index in [1.165, 1.54) is 0 Å². The van der Waals surface area contributed by atoms with Crippen LogP contribution in [0.1, 0.15) is 45.6 Å². The van der Waals surface area contributed by atoms with Crippen molar-refractivity contribution in [3.8, 4) is 0 Å². The molecule has 2 unspecified atom stereocenters. The van der Waals surface area contributed by atoms with Crippen molar-refractivity contribution >= 4 is 48.3 Å². The van der Waals surface area contributed by atoms with Gasteiger partial charge in [-0.3, -0.25) is 4.79 Å². The number of ether oxygens (including phenoxy) is 2. The summed E-state index contributed by atoms with van der Waals surface area (Å²) in [6, 6.07) is 9.87. The predicted octanol–water partition coefficient (Wildman–Crippen LogP) is 5.20. The van der Waals surface area contributed by atoms with Crippen LogP contribution in [-0.2, 0) is 19.1 Å². The van der Waals surface area contributed by atoms with Gasteiger partial charge in [0, 0.05) is 20.8 Å². The van der Waals surface area contributed by atoms with Gasteiger partial charge in [0.2, 0.25) is 5.60 Å². The van der Waals surface area contributed by atoms with Gasteiger partial charge in [0.05, 0.1) is 12.0 Å². The Hall–Kier alpha value is -1.14. The number of carbonyl (C=O) groups is 2. The molecule has 26 heavy (non-hydrogen) atoms. The molecule has 3 rings (SSSR count). The molecule has 0 amide bonds. The number of fused-ring (bicyclic) bond motifs is 2. The van der Waals surface area contributed by atoms with Gasteiger partial charge in [0.25, 0.3) is 0 Å². The van der Waals surface area contributed by atoms with Crippen molar-refractivity contribution in [3.05, 3.63) is 40.4 Å². The van der Waals surface area contributed by atoms with E-state index in [2.05, 4.69) is 31.9 Å². The number of hydrogen-bond acceptors (Lipinski definition) is 4. The van der Waals surface area contributed by atoms with Crippen molar-refractivity contribution in [2.45, 2.75) is 45.6 Å². The van der Waals surface area contributed by atoms with E-state index < -0.39 is 22.4 Å². The van der Waals surface area contributed by atoms with Gasteiger partial charge in [-0.2, -0.15) is 0 Å². The molecule has 0 aromatic heterocycles. The number of carbonyl (C=O) groups excluding carboxylic acids is 2. The SMILES string of the molecule is CC12CCC(C(=O)OCC/C(Br)=C(\Br)c3ccccc3)(OC1=O)C2(C)C. The summed E-state index contributed by atoms with van der Waals surface area (Å²) in [4.78, 5) is 25.1. The summed E-state index contributed by atoms with van der Waals surface area (Å²) < 4.78 is 12.9. The summed E-state index contributed by atoms with van der Waals surface area (Å²) in [6.45, 7) is 5.95. The lowest BCUT2D eigenvalue weighted by atomic mass is 9.66. The lowest BCUT2D eigenvalue weighted by Crippen LogP contribution is -2.48. The van der Waals surface area contributed by atoms with Gasteiger partial charge in [0.1, 0.15) is 0 Å². The third-order valence-corrected chi connectivity index (χ3v) is 8.49. The van der Waals surface area contributed by atoms with Crippen molar-refractivity contribution < 1.29 is 19.1 Å². The molecule has 0 spiro atoms. The minimum absolute atomic E-state index is 0.216. The molecule has 1 saturated heterocycles. The van der Waals surface area contributed by atoms with Crippen LogP contribution in [0.4, 0.5) is 0 Å². The molecule has 0 radical (unpaired) electrons. The first-order chi connectivity index (χ1) is 12.2. The quantitative estimate of drug-likeness (QED) is 0.538. The lowest BCUT2D eigenvalue weighted by molar-refractivity contribution is -0.183. The smallest absolute Gasteiger partial charge is 0.351 e. The summed E-state index contributed by atoms with van der Waals surface area (Å²) in [7, 11) is 0. The summed E-state index contributed by atoms with van der Waals surface area (Å²) in [5.41, 5.74) is -1.32. The standard InChI is InChI=1S/C20H22Br2O4/c1-18(2)19(3)10-11-20(18,26-16(19)23)17(24)25-12-9-14(21)15(22)13-7-5-4-6-8-13/h4-8H,9-12H2,1-3H3/b15-14+. The lowest BCUT2D eigenvalue weighted by Gasteiger charge is -2.34. The minimum Gasteiger partial charge on any atom is -0.462 e. The summed E-state index contributed by atoms with van der Waals surface area (Å²) in [5, 5.41) is 0. The molecule has 2 bridgehead atoms. The van der Waals surface area contributed by atoms with E-state index in [0.717, 1.165) is 14.5 Å². The van der Waals surface area contributed by atoms with Crippen LogP contribution in [0.25, 0.3) is 4.48 Å². The molecule has 1 aromatic carbocycles. The fourth-order valence-electron chi connectivity index (χ4n) is 3.90. The third-order valence-electron chi connectivity index (χ3n) is 6.23. The fraction of sp³-hybridized carbons (Fsp3) is 0.500. The molecule has 1 aliphatic carbocycles. The van der Waals surface area contributed by atoms with Gasteiger partial charge in [-0.1, -0.05) is 60.1 Å². The molecule has 2 atom stereocenters. The fourth-order valence-corrected chi connectivity index (χ4v) is 4.76. The second-order valence-electron chi connectivity index (χ2n) is 7.64. The Morgan fingerprint density at radius 2 is 1.81 bits per heavy atom. The second-order valence-corrected chi connectivity index (χ2v) is 9.39. The molecule has 140 valence electrons. The van der Waals surface area contributed by atoms with Gasteiger partial charge >= 0.3 is 11.9 Å². The van der Waals surface area contributed by atoms with Crippen molar-refractivity contribution in [1.29, 1.82) is 0 Å². The maximum Gasteiger partial charge on any atom is 0.351 e. The molecule has 0 N–H and O–H groups in total. The maximum absolute atomic E-state index is 12.8. The predicted molar refractivity (Wildman–Crippen MR) is 107 cm³/mol. The first kappa shape index (κ1) is 19.6. The third kappa shape index (κ3) is 2.76. The van der Waals surface area contributed by atoms with Gasteiger partial charge in [-0.15, -0.1) is 0 Å². The first-order valence-electron chi connectivity index (χ1n) is 8.66. The highest BCUT2D eigenvalue weighted by Gasteiger charge is 2.76. The monoisotopic (exact) mass is 484 g/mol. The number of benzene rings is 1. The highest BCUT2D eigenvalue weighted by molar-refractivity contribution is 9.16. The zero-order valence-electron chi connectivity index (χ0n) is 15.1. The highest BCUT2D eigenvalue weighted by Crippen LogP contribution is 2.65. The molecule has 2 fully saturated rings. The normalized spacial score (nSPS) is 30.0. The van der Waals surface area contributed by atoms with Crippen LogP contribution in [0.2, 0.25) is 0 Å². The summed E-state index contributed by atoms with van der Waals surface area (Å²) >= 11 is 7.12. The second kappa shape index (κ2) is 6.79. The number of rotatable bonds is 5. The van der Waals surface area contributed by atoms with E-state index in [-0.39, 0.29) is 12.6 Å². The van der Waals surface area contributed by atoms with Gasteiger partial charge in [-0.25, -0.2) is 4.79 Å². The molecular weight excluding hydrogens is 464 g/mol. The van der Waals surface area contributed by atoms with Crippen LogP contribution in [-0.4, -0.2) is 24.1 Å². The van der Waals surface area contributed by atoms with Crippen LogP contribution in [0.5, 0.6) is 0 Å². The van der Waals surface area contributed by atoms with Crippen molar-refractivity contribution in [3.63, 3.8) is 0 Å². The molecular formula is C20H22Br2O4. The van der Waals surface area contributed by atoms with E-state index in [1.807, 2.05) is 51.1 Å². The van der Waals surface area contributed by atoms with E-state index >= 15 is 0 Å². The Balaban J connectivity index is 1.66. The molecule has 1 saturated carbocycles. The maximum atomic E-state index is 12.8. The van der Waals surface area contributed by atoms with Crippen molar-refractivity contribution in [1.82, 2.24) is 0 Å². The Bertz CT molecular complexity index is 771. The first-order valence-corrected chi connectivity index (χ1v) is 10.2. The Labute approximate surface area is 170 Å². The van der Waals surface area contributed by atoms with Crippen LogP contribution < -0.4 is 0 Å². The molecule has 1 aromatic rings. The largest absolute Gasteiger partial charge is 0.462 e.